The Kier molecular flexibility index (Phi) is 5.26. The molecule has 1 aromatic carbocycles. The Labute approximate surface area is 154 Å². The van der Waals surface area contributed by atoms with Crippen LogP contribution < -0.4 is 0 Å². The van der Waals surface area contributed by atoms with Crippen molar-refractivity contribution in [2.24, 2.45) is 0 Å². The van der Waals surface area contributed by atoms with Crippen LogP contribution in [0.4, 0.5) is 0 Å². The Bertz CT molecular complexity index is 773. The van der Waals surface area contributed by atoms with Gasteiger partial charge in [-0.3, -0.25) is 14.8 Å². The summed E-state index contributed by atoms with van der Waals surface area (Å²) in [4.78, 5) is 9.21. The first-order chi connectivity index (χ1) is 12.8. The summed E-state index contributed by atoms with van der Waals surface area (Å²) in [6.07, 6.45) is 5.07. The molecule has 5 heteroatoms. The highest BCUT2D eigenvalue weighted by atomic mass is 16.5. The molecular weight excluding hydrogens is 324 g/mol. The van der Waals surface area contributed by atoms with Gasteiger partial charge in [-0.15, -0.1) is 0 Å². The number of nitrogens with zero attached hydrogens (tertiary/aromatic N) is 4. The van der Waals surface area contributed by atoms with Gasteiger partial charge < -0.3 is 4.74 Å². The van der Waals surface area contributed by atoms with Gasteiger partial charge in [-0.1, -0.05) is 18.2 Å². The molecule has 0 radical (unpaired) electrons. The maximum atomic E-state index is 9.06. The lowest BCUT2D eigenvalue weighted by Gasteiger charge is -2.37. The van der Waals surface area contributed by atoms with Crippen LogP contribution in [-0.4, -0.2) is 53.1 Å². The summed E-state index contributed by atoms with van der Waals surface area (Å²) in [5, 5.41) is 9.06. The van der Waals surface area contributed by atoms with Gasteiger partial charge in [0.25, 0.3) is 0 Å². The molecule has 1 aromatic heterocycles. The van der Waals surface area contributed by atoms with Crippen molar-refractivity contribution in [2.45, 2.75) is 31.7 Å². The average molecular weight is 348 g/mol. The summed E-state index contributed by atoms with van der Waals surface area (Å²) in [5.74, 6) is 0. The summed E-state index contributed by atoms with van der Waals surface area (Å²) >= 11 is 0. The lowest BCUT2D eigenvalue weighted by atomic mass is 10.1. The van der Waals surface area contributed by atoms with Crippen LogP contribution in [0, 0.1) is 11.3 Å². The number of piperazine rings is 1. The number of nitriles is 1. The van der Waals surface area contributed by atoms with Crippen LogP contribution in [0.15, 0.2) is 48.8 Å². The molecule has 2 saturated heterocycles. The van der Waals surface area contributed by atoms with E-state index in [1.807, 2.05) is 30.5 Å². The molecule has 0 amide bonds. The molecular formula is C21H24N4O. The van der Waals surface area contributed by atoms with Crippen molar-refractivity contribution in [3.63, 3.8) is 0 Å². The van der Waals surface area contributed by atoms with Crippen molar-refractivity contribution in [3.8, 4) is 6.07 Å². The highest BCUT2D eigenvalue weighted by molar-refractivity contribution is 5.32. The molecule has 0 aliphatic carbocycles. The van der Waals surface area contributed by atoms with E-state index in [0.29, 0.717) is 18.8 Å². The van der Waals surface area contributed by atoms with Gasteiger partial charge in [0, 0.05) is 51.2 Å². The van der Waals surface area contributed by atoms with Gasteiger partial charge in [-0.05, 0) is 35.7 Å². The van der Waals surface area contributed by atoms with Crippen LogP contribution in [0.5, 0.6) is 0 Å². The molecule has 5 nitrogen and oxygen atoms in total. The van der Waals surface area contributed by atoms with E-state index in [-0.39, 0.29) is 0 Å². The standard InChI is InChI=1S/C21H24N4O/c22-11-17-3-1-4-18(9-17)13-24-7-8-25-15-21(10-20(25)14-24)26-16-19-5-2-6-23-12-19/h1-6,9,12,20-21H,7-8,10,13-16H2/t20-,21+/m0/s1. The monoisotopic (exact) mass is 348 g/mol. The number of ether oxygens (including phenoxy) is 1. The Hall–Kier alpha value is -2.26. The first-order valence-electron chi connectivity index (χ1n) is 9.26. The molecule has 134 valence electrons. The van der Waals surface area contributed by atoms with Crippen molar-refractivity contribution >= 4 is 0 Å². The van der Waals surface area contributed by atoms with E-state index < -0.39 is 0 Å². The minimum absolute atomic E-state index is 0.307. The summed E-state index contributed by atoms with van der Waals surface area (Å²) in [7, 11) is 0. The van der Waals surface area contributed by atoms with Gasteiger partial charge in [0.15, 0.2) is 0 Å². The Morgan fingerprint density at radius 2 is 2.08 bits per heavy atom. The van der Waals surface area contributed by atoms with Crippen molar-refractivity contribution in [2.75, 3.05) is 26.2 Å². The summed E-state index contributed by atoms with van der Waals surface area (Å²) in [5.41, 5.74) is 3.10. The van der Waals surface area contributed by atoms with E-state index >= 15 is 0 Å². The third-order valence-corrected chi connectivity index (χ3v) is 5.33. The smallest absolute Gasteiger partial charge is 0.0991 e. The molecule has 2 aromatic rings. The number of benzene rings is 1. The van der Waals surface area contributed by atoms with Gasteiger partial charge in [-0.25, -0.2) is 0 Å². The maximum absolute atomic E-state index is 9.06. The van der Waals surface area contributed by atoms with Crippen LogP contribution in [0.25, 0.3) is 0 Å². The molecule has 2 atom stereocenters. The molecule has 0 spiro atoms. The Morgan fingerprint density at radius 3 is 2.92 bits per heavy atom. The van der Waals surface area contributed by atoms with Crippen molar-refractivity contribution in [3.05, 3.63) is 65.5 Å². The van der Waals surface area contributed by atoms with E-state index in [1.165, 1.54) is 5.56 Å². The largest absolute Gasteiger partial charge is 0.372 e. The van der Waals surface area contributed by atoms with Crippen LogP contribution >= 0.6 is 0 Å². The van der Waals surface area contributed by atoms with Crippen LogP contribution in [-0.2, 0) is 17.9 Å². The van der Waals surface area contributed by atoms with Crippen LogP contribution in [0.2, 0.25) is 0 Å². The first kappa shape index (κ1) is 17.2. The molecule has 26 heavy (non-hydrogen) atoms. The summed E-state index contributed by atoms with van der Waals surface area (Å²) in [6, 6.07) is 14.8. The second kappa shape index (κ2) is 7.96. The summed E-state index contributed by atoms with van der Waals surface area (Å²) < 4.78 is 6.13. The zero-order valence-corrected chi connectivity index (χ0v) is 14.9. The minimum atomic E-state index is 0.307. The molecule has 2 aliphatic heterocycles. The highest BCUT2D eigenvalue weighted by Crippen LogP contribution is 2.25. The number of pyridine rings is 1. The van der Waals surface area contributed by atoms with Crippen LogP contribution in [0.3, 0.4) is 0 Å². The van der Waals surface area contributed by atoms with E-state index in [9.17, 15) is 0 Å². The van der Waals surface area contributed by atoms with E-state index in [0.717, 1.165) is 50.3 Å². The Morgan fingerprint density at radius 1 is 1.15 bits per heavy atom. The zero-order chi connectivity index (χ0) is 17.8. The lowest BCUT2D eigenvalue weighted by Crippen LogP contribution is -2.49. The molecule has 4 rings (SSSR count). The average Bonchev–Trinajstić information content (AvgIpc) is 3.09. The van der Waals surface area contributed by atoms with Gasteiger partial charge in [0.2, 0.25) is 0 Å². The van der Waals surface area contributed by atoms with E-state index in [4.69, 9.17) is 10.00 Å². The third kappa shape index (κ3) is 4.10. The number of hydrogen-bond donors (Lipinski definition) is 0. The van der Waals surface area contributed by atoms with Gasteiger partial charge in [0.1, 0.15) is 0 Å². The molecule has 0 unspecified atom stereocenters. The predicted octanol–water partition coefficient (Wildman–Crippen LogP) is 2.43. The van der Waals surface area contributed by atoms with Crippen LogP contribution in [0.1, 0.15) is 23.1 Å². The molecule has 0 bridgehead atoms. The van der Waals surface area contributed by atoms with Gasteiger partial charge in [-0.2, -0.15) is 5.26 Å². The molecule has 3 heterocycles. The molecule has 0 N–H and O–H groups in total. The van der Waals surface area contributed by atoms with Gasteiger partial charge >= 0.3 is 0 Å². The first-order valence-corrected chi connectivity index (χ1v) is 9.26. The molecule has 0 saturated carbocycles. The predicted molar refractivity (Wildman–Crippen MR) is 99.2 cm³/mol. The molecule has 2 fully saturated rings. The van der Waals surface area contributed by atoms with Crippen molar-refractivity contribution in [1.82, 2.24) is 14.8 Å². The minimum Gasteiger partial charge on any atom is -0.372 e. The third-order valence-electron chi connectivity index (χ3n) is 5.33. The second-order valence-electron chi connectivity index (χ2n) is 7.23. The number of aromatic nitrogens is 1. The van der Waals surface area contributed by atoms with E-state index in [2.05, 4.69) is 33.0 Å². The zero-order valence-electron chi connectivity index (χ0n) is 14.9. The lowest BCUT2D eigenvalue weighted by molar-refractivity contribution is 0.0457. The normalized spacial score (nSPS) is 23.5. The van der Waals surface area contributed by atoms with E-state index in [1.54, 1.807) is 6.20 Å². The SMILES string of the molecule is N#Cc1cccc(CN2CCN3C[C@H](OCc4cccnc4)C[C@H]3C2)c1. The topological polar surface area (TPSA) is 52.4 Å². The number of rotatable bonds is 5. The number of fused-ring (bicyclic) bond motifs is 1. The van der Waals surface area contributed by atoms with Crippen molar-refractivity contribution < 1.29 is 4.74 Å². The Balaban J connectivity index is 1.29. The van der Waals surface area contributed by atoms with Crippen molar-refractivity contribution in [1.29, 1.82) is 5.26 Å². The number of hydrogen-bond acceptors (Lipinski definition) is 5. The van der Waals surface area contributed by atoms with Gasteiger partial charge in [0.05, 0.1) is 24.3 Å². The molecule has 2 aliphatic rings. The fraction of sp³-hybridized carbons (Fsp3) is 0.429. The quantitative estimate of drug-likeness (QED) is 0.831. The highest BCUT2D eigenvalue weighted by Gasteiger charge is 2.36. The maximum Gasteiger partial charge on any atom is 0.0991 e. The fourth-order valence-electron chi connectivity index (χ4n) is 4.02. The second-order valence-corrected chi connectivity index (χ2v) is 7.23. The summed E-state index contributed by atoms with van der Waals surface area (Å²) in [6.45, 7) is 5.83. The fourth-order valence-corrected chi connectivity index (χ4v) is 4.02.